The van der Waals surface area contributed by atoms with Gasteiger partial charge in [-0.3, -0.25) is 0 Å². The number of hydrogen-bond donors (Lipinski definition) is 0. The molecule has 98 valence electrons. The Kier molecular flexibility index (Phi) is 3.90. The van der Waals surface area contributed by atoms with Gasteiger partial charge in [-0.1, -0.05) is 44.2 Å². The first-order valence-electron chi connectivity index (χ1n) is 7.06. The van der Waals surface area contributed by atoms with Gasteiger partial charge in [0, 0.05) is 0 Å². The summed E-state index contributed by atoms with van der Waals surface area (Å²) in [4.78, 5) is 0. The molecule has 19 heavy (non-hydrogen) atoms. The SMILES string of the molecule is CC.Cc1cc(C)c2cc3ccccc3cc2c1C. The lowest BCUT2D eigenvalue weighted by Crippen LogP contribution is -1.88. The molecule has 3 aromatic rings. The molecule has 0 heteroatoms. The molecular weight excluding hydrogens is 228 g/mol. The van der Waals surface area contributed by atoms with E-state index in [-0.39, 0.29) is 0 Å². The van der Waals surface area contributed by atoms with E-state index >= 15 is 0 Å². The van der Waals surface area contributed by atoms with Crippen LogP contribution in [0.5, 0.6) is 0 Å². The van der Waals surface area contributed by atoms with Gasteiger partial charge in [-0.05, 0) is 71.1 Å². The van der Waals surface area contributed by atoms with Gasteiger partial charge in [0.2, 0.25) is 0 Å². The van der Waals surface area contributed by atoms with Crippen LogP contribution in [0.15, 0.2) is 42.5 Å². The second-order valence-corrected chi connectivity index (χ2v) is 4.88. The highest BCUT2D eigenvalue weighted by Crippen LogP contribution is 2.29. The third-order valence-corrected chi connectivity index (χ3v) is 3.74. The minimum Gasteiger partial charge on any atom is -0.0683 e. The summed E-state index contributed by atoms with van der Waals surface area (Å²) >= 11 is 0. The largest absolute Gasteiger partial charge is 0.0683 e. The van der Waals surface area contributed by atoms with Gasteiger partial charge in [0.1, 0.15) is 0 Å². The third kappa shape index (κ3) is 2.35. The molecule has 3 aromatic carbocycles. The molecule has 0 N–H and O–H groups in total. The van der Waals surface area contributed by atoms with Crippen LogP contribution < -0.4 is 0 Å². The first-order valence-corrected chi connectivity index (χ1v) is 7.06. The Balaban J connectivity index is 0.000000637. The van der Waals surface area contributed by atoms with E-state index in [9.17, 15) is 0 Å². The van der Waals surface area contributed by atoms with Gasteiger partial charge in [0.05, 0.1) is 0 Å². The topological polar surface area (TPSA) is 0 Å². The Hall–Kier alpha value is -1.82. The van der Waals surface area contributed by atoms with Crippen molar-refractivity contribution in [1.82, 2.24) is 0 Å². The van der Waals surface area contributed by atoms with Gasteiger partial charge in [0.15, 0.2) is 0 Å². The van der Waals surface area contributed by atoms with Crippen LogP contribution in [0.1, 0.15) is 30.5 Å². The fourth-order valence-corrected chi connectivity index (χ4v) is 2.60. The van der Waals surface area contributed by atoms with Crippen molar-refractivity contribution >= 4 is 21.5 Å². The van der Waals surface area contributed by atoms with E-state index in [1.807, 2.05) is 13.8 Å². The van der Waals surface area contributed by atoms with Crippen molar-refractivity contribution < 1.29 is 0 Å². The summed E-state index contributed by atoms with van der Waals surface area (Å²) in [6.45, 7) is 10.6. The summed E-state index contributed by atoms with van der Waals surface area (Å²) in [5, 5.41) is 5.42. The van der Waals surface area contributed by atoms with E-state index in [1.54, 1.807) is 0 Å². The molecule has 0 heterocycles. The van der Waals surface area contributed by atoms with E-state index < -0.39 is 0 Å². The highest BCUT2D eigenvalue weighted by Gasteiger charge is 2.05. The second-order valence-electron chi connectivity index (χ2n) is 4.88. The highest BCUT2D eigenvalue weighted by atomic mass is 14.1. The molecule has 0 radical (unpaired) electrons. The number of rotatable bonds is 0. The highest BCUT2D eigenvalue weighted by molar-refractivity contribution is 6.01. The average molecular weight is 250 g/mol. The van der Waals surface area contributed by atoms with Gasteiger partial charge in [-0.25, -0.2) is 0 Å². The Morgan fingerprint density at radius 1 is 0.632 bits per heavy atom. The van der Waals surface area contributed by atoms with Crippen LogP contribution in [0.3, 0.4) is 0 Å². The molecule has 0 bridgehead atoms. The normalized spacial score (nSPS) is 10.4. The van der Waals surface area contributed by atoms with Crippen molar-refractivity contribution in [2.75, 3.05) is 0 Å². The zero-order valence-corrected chi connectivity index (χ0v) is 12.5. The van der Waals surface area contributed by atoms with E-state index in [0.717, 1.165) is 0 Å². The Labute approximate surface area is 116 Å². The van der Waals surface area contributed by atoms with Gasteiger partial charge < -0.3 is 0 Å². The zero-order chi connectivity index (χ0) is 14.0. The van der Waals surface area contributed by atoms with E-state index in [2.05, 4.69) is 63.2 Å². The zero-order valence-electron chi connectivity index (χ0n) is 12.5. The van der Waals surface area contributed by atoms with E-state index in [0.29, 0.717) is 0 Å². The molecule has 0 nitrogen and oxygen atoms in total. The Morgan fingerprint density at radius 3 is 1.74 bits per heavy atom. The Morgan fingerprint density at radius 2 is 1.16 bits per heavy atom. The van der Waals surface area contributed by atoms with Crippen molar-refractivity contribution in [2.24, 2.45) is 0 Å². The predicted molar refractivity (Wildman–Crippen MR) is 87.0 cm³/mol. The maximum atomic E-state index is 2.32. The maximum absolute atomic E-state index is 2.32. The van der Waals surface area contributed by atoms with Gasteiger partial charge >= 0.3 is 0 Å². The minimum atomic E-state index is 1.33. The second kappa shape index (κ2) is 5.44. The minimum absolute atomic E-state index is 1.33. The molecule has 0 aliphatic carbocycles. The monoisotopic (exact) mass is 250 g/mol. The van der Waals surface area contributed by atoms with E-state index in [1.165, 1.54) is 38.2 Å². The molecule has 0 saturated carbocycles. The summed E-state index contributed by atoms with van der Waals surface area (Å²) in [6, 6.07) is 15.5. The van der Waals surface area contributed by atoms with Gasteiger partial charge in [-0.15, -0.1) is 0 Å². The lowest BCUT2D eigenvalue weighted by molar-refractivity contribution is 1.35. The fourth-order valence-electron chi connectivity index (χ4n) is 2.60. The fraction of sp³-hybridized carbons (Fsp3) is 0.263. The van der Waals surface area contributed by atoms with E-state index in [4.69, 9.17) is 0 Å². The average Bonchev–Trinajstić information content (AvgIpc) is 2.45. The van der Waals surface area contributed by atoms with Gasteiger partial charge in [0.25, 0.3) is 0 Å². The first-order chi connectivity index (χ1) is 9.16. The van der Waals surface area contributed by atoms with Crippen LogP contribution in [-0.4, -0.2) is 0 Å². The maximum Gasteiger partial charge on any atom is -0.0143 e. The lowest BCUT2D eigenvalue weighted by Gasteiger charge is -2.11. The number of aryl methyl sites for hydroxylation is 3. The Bertz CT molecular complexity index is 721. The van der Waals surface area contributed by atoms with Crippen molar-refractivity contribution in [3.05, 3.63) is 59.2 Å². The summed E-state index contributed by atoms with van der Waals surface area (Å²) < 4.78 is 0. The van der Waals surface area contributed by atoms with Crippen LogP contribution in [0, 0.1) is 20.8 Å². The van der Waals surface area contributed by atoms with Crippen molar-refractivity contribution in [3.63, 3.8) is 0 Å². The van der Waals surface area contributed by atoms with Crippen molar-refractivity contribution in [2.45, 2.75) is 34.6 Å². The number of fused-ring (bicyclic) bond motifs is 2. The number of hydrogen-bond acceptors (Lipinski definition) is 0. The first kappa shape index (κ1) is 13.6. The van der Waals surface area contributed by atoms with Crippen LogP contribution in [0.4, 0.5) is 0 Å². The van der Waals surface area contributed by atoms with Crippen LogP contribution in [0.25, 0.3) is 21.5 Å². The van der Waals surface area contributed by atoms with Crippen LogP contribution in [-0.2, 0) is 0 Å². The van der Waals surface area contributed by atoms with Crippen molar-refractivity contribution in [1.29, 1.82) is 0 Å². The summed E-state index contributed by atoms with van der Waals surface area (Å²) in [5.74, 6) is 0. The van der Waals surface area contributed by atoms with Crippen LogP contribution in [0.2, 0.25) is 0 Å². The molecule has 0 atom stereocenters. The predicted octanol–water partition coefficient (Wildman–Crippen LogP) is 5.94. The molecule has 0 amide bonds. The molecule has 0 spiro atoms. The molecule has 3 rings (SSSR count). The van der Waals surface area contributed by atoms with Gasteiger partial charge in [-0.2, -0.15) is 0 Å². The van der Waals surface area contributed by atoms with Crippen molar-refractivity contribution in [3.8, 4) is 0 Å². The molecule has 0 aliphatic rings. The molecule has 0 unspecified atom stereocenters. The van der Waals surface area contributed by atoms with Crippen LogP contribution >= 0.6 is 0 Å². The standard InChI is InChI=1S/C17H16.C2H6/c1-11-8-12(2)16-9-14-6-4-5-7-15(14)10-17(16)13(11)3;1-2/h4-10H,1-3H3;1-2H3. The lowest BCUT2D eigenvalue weighted by atomic mass is 9.94. The molecular formula is C19H22. The molecule has 0 aromatic heterocycles. The summed E-state index contributed by atoms with van der Waals surface area (Å²) in [5.41, 5.74) is 4.15. The summed E-state index contributed by atoms with van der Waals surface area (Å²) in [6.07, 6.45) is 0. The third-order valence-electron chi connectivity index (χ3n) is 3.74. The molecule has 0 fully saturated rings. The quantitative estimate of drug-likeness (QED) is 0.433. The smallest absolute Gasteiger partial charge is 0.0143 e. The summed E-state index contributed by atoms with van der Waals surface area (Å²) in [7, 11) is 0. The molecule has 0 aliphatic heterocycles. The number of benzene rings is 3. The molecule has 0 saturated heterocycles.